The average Bonchev–Trinajstić information content (AvgIpc) is 3.32. The molecule has 6 nitrogen and oxygen atoms in total. The Bertz CT molecular complexity index is 1180. The van der Waals surface area contributed by atoms with Gasteiger partial charge in [0.25, 0.3) is 0 Å². The second-order valence-electron chi connectivity index (χ2n) is 7.94. The van der Waals surface area contributed by atoms with E-state index in [-0.39, 0.29) is 11.7 Å². The summed E-state index contributed by atoms with van der Waals surface area (Å²) in [4.78, 5) is 11.1. The molecule has 1 saturated heterocycles. The highest BCUT2D eigenvalue weighted by molar-refractivity contribution is 5.53. The fraction of sp³-hybridized carbons (Fsp3) is 0.240. The smallest absolute Gasteiger partial charge is 0.231 e. The zero-order chi connectivity index (χ0) is 21.8. The molecular weight excluding hydrogens is 407 g/mol. The maximum atomic E-state index is 13.5. The second kappa shape index (κ2) is 9.28. The SMILES string of the molecule is Fc1cccc(-c2noc(C3CCCN(Cc4ccccc4Oc4cccnc4)C3)n2)c1. The van der Waals surface area contributed by atoms with Crippen molar-refractivity contribution in [2.75, 3.05) is 13.1 Å². The normalized spacial score (nSPS) is 16.7. The summed E-state index contributed by atoms with van der Waals surface area (Å²) in [5.74, 6) is 2.40. The molecule has 2 aromatic heterocycles. The Morgan fingerprint density at radius 3 is 2.91 bits per heavy atom. The molecule has 1 fully saturated rings. The molecule has 1 atom stereocenters. The third kappa shape index (κ3) is 4.68. The molecule has 32 heavy (non-hydrogen) atoms. The van der Waals surface area contributed by atoms with Crippen LogP contribution in [0.5, 0.6) is 11.5 Å². The van der Waals surface area contributed by atoms with Gasteiger partial charge in [-0.05, 0) is 49.7 Å². The quantitative estimate of drug-likeness (QED) is 0.406. The van der Waals surface area contributed by atoms with Gasteiger partial charge in [-0.15, -0.1) is 0 Å². The van der Waals surface area contributed by atoms with E-state index in [4.69, 9.17) is 9.26 Å². The molecule has 0 spiro atoms. The van der Waals surface area contributed by atoms with Gasteiger partial charge in [-0.25, -0.2) is 4.39 Å². The molecule has 0 saturated carbocycles. The lowest BCUT2D eigenvalue weighted by Crippen LogP contribution is -2.34. The number of nitrogens with zero attached hydrogens (tertiary/aromatic N) is 4. The minimum atomic E-state index is -0.315. The zero-order valence-corrected chi connectivity index (χ0v) is 17.5. The highest BCUT2D eigenvalue weighted by Crippen LogP contribution is 2.31. The Kier molecular flexibility index (Phi) is 5.89. The van der Waals surface area contributed by atoms with Gasteiger partial charge in [0.1, 0.15) is 17.3 Å². The number of pyridine rings is 1. The number of piperidine rings is 1. The van der Waals surface area contributed by atoms with E-state index >= 15 is 0 Å². The van der Waals surface area contributed by atoms with Gasteiger partial charge in [0.15, 0.2) is 0 Å². The summed E-state index contributed by atoms with van der Waals surface area (Å²) in [7, 11) is 0. The summed E-state index contributed by atoms with van der Waals surface area (Å²) in [5.41, 5.74) is 1.73. The zero-order valence-electron chi connectivity index (χ0n) is 17.5. The fourth-order valence-electron chi connectivity index (χ4n) is 4.06. The Balaban J connectivity index is 1.28. The molecule has 0 amide bonds. The first-order valence-corrected chi connectivity index (χ1v) is 10.7. The van der Waals surface area contributed by atoms with Gasteiger partial charge in [0, 0.05) is 30.4 Å². The molecule has 1 unspecified atom stereocenters. The van der Waals surface area contributed by atoms with Crippen LogP contribution >= 0.6 is 0 Å². The largest absolute Gasteiger partial charge is 0.455 e. The van der Waals surface area contributed by atoms with Crippen molar-refractivity contribution < 1.29 is 13.7 Å². The molecule has 1 aliphatic rings. The fourth-order valence-corrected chi connectivity index (χ4v) is 4.06. The van der Waals surface area contributed by atoms with Gasteiger partial charge in [-0.1, -0.05) is 35.5 Å². The van der Waals surface area contributed by atoms with Crippen LogP contribution in [0.1, 0.15) is 30.2 Å². The third-order valence-electron chi connectivity index (χ3n) is 5.61. The minimum Gasteiger partial charge on any atom is -0.455 e. The molecule has 0 bridgehead atoms. The number of benzene rings is 2. The van der Waals surface area contributed by atoms with Crippen LogP contribution in [-0.2, 0) is 6.54 Å². The maximum Gasteiger partial charge on any atom is 0.231 e. The highest BCUT2D eigenvalue weighted by Gasteiger charge is 2.27. The molecule has 4 aromatic rings. The molecule has 162 valence electrons. The first-order valence-electron chi connectivity index (χ1n) is 10.7. The van der Waals surface area contributed by atoms with Crippen LogP contribution in [-0.4, -0.2) is 33.1 Å². The van der Waals surface area contributed by atoms with Crippen molar-refractivity contribution >= 4 is 0 Å². The number of rotatable bonds is 6. The van der Waals surface area contributed by atoms with Crippen molar-refractivity contribution in [2.45, 2.75) is 25.3 Å². The van der Waals surface area contributed by atoms with Gasteiger partial charge in [0.2, 0.25) is 11.7 Å². The summed E-state index contributed by atoms with van der Waals surface area (Å²) in [6.45, 7) is 2.56. The van der Waals surface area contributed by atoms with E-state index in [9.17, 15) is 4.39 Å². The number of likely N-dealkylation sites (tertiary alicyclic amines) is 1. The maximum absolute atomic E-state index is 13.5. The summed E-state index contributed by atoms with van der Waals surface area (Å²) in [5, 5.41) is 4.08. The number of para-hydroxylation sites is 1. The molecule has 1 aliphatic heterocycles. The van der Waals surface area contributed by atoms with Crippen LogP contribution in [0.25, 0.3) is 11.4 Å². The van der Waals surface area contributed by atoms with E-state index in [1.54, 1.807) is 24.5 Å². The summed E-state index contributed by atoms with van der Waals surface area (Å²) in [6, 6.07) is 18.1. The van der Waals surface area contributed by atoms with E-state index in [0.717, 1.165) is 43.8 Å². The number of aromatic nitrogens is 3. The second-order valence-corrected chi connectivity index (χ2v) is 7.94. The van der Waals surface area contributed by atoms with E-state index in [1.807, 2.05) is 30.3 Å². The number of ether oxygens (including phenoxy) is 1. The Morgan fingerprint density at radius 2 is 2.03 bits per heavy atom. The predicted octanol–water partition coefficient (Wildman–Crippen LogP) is 5.44. The van der Waals surface area contributed by atoms with Gasteiger partial charge >= 0.3 is 0 Å². The van der Waals surface area contributed by atoms with Crippen molar-refractivity contribution in [1.29, 1.82) is 0 Å². The third-order valence-corrected chi connectivity index (χ3v) is 5.61. The lowest BCUT2D eigenvalue weighted by molar-refractivity contribution is 0.179. The first kappa shape index (κ1) is 20.3. The monoisotopic (exact) mass is 430 g/mol. The minimum absolute atomic E-state index is 0.143. The number of halogens is 1. The van der Waals surface area contributed by atoms with Gasteiger partial charge in [-0.3, -0.25) is 9.88 Å². The Hall–Kier alpha value is -3.58. The molecule has 0 aliphatic carbocycles. The summed E-state index contributed by atoms with van der Waals surface area (Å²) >= 11 is 0. The average molecular weight is 430 g/mol. The van der Waals surface area contributed by atoms with Crippen LogP contribution in [0.15, 0.2) is 77.6 Å². The van der Waals surface area contributed by atoms with Crippen LogP contribution in [0.2, 0.25) is 0 Å². The van der Waals surface area contributed by atoms with Crippen molar-refractivity contribution in [3.05, 3.63) is 90.3 Å². The predicted molar refractivity (Wildman–Crippen MR) is 118 cm³/mol. The number of hydrogen-bond donors (Lipinski definition) is 0. The summed E-state index contributed by atoms with van der Waals surface area (Å²) < 4.78 is 25.2. The van der Waals surface area contributed by atoms with Crippen LogP contribution in [0.3, 0.4) is 0 Å². The topological polar surface area (TPSA) is 64.3 Å². The van der Waals surface area contributed by atoms with Crippen molar-refractivity contribution in [3.8, 4) is 22.9 Å². The van der Waals surface area contributed by atoms with Crippen LogP contribution < -0.4 is 4.74 Å². The van der Waals surface area contributed by atoms with Gasteiger partial charge < -0.3 is 9.26 Å². The standard InChI is InChI=1S/C25H23FN4O2/c26-21-9-3-7-18(14-21)24-28-25(32-29-24)20-8-5-13-30(17-20)16-19-6-1-2-11-23(19)31-22-10-4-12-27-15-22/h1-4,6-7,9-12,14-15,20H,5,8,13,16-17H2. The highest BCUT2D eigenvalue weighted by atomic mass is 19.1. The van der Waals surface area contributed by atoms with Crippen molar-refractivity contribution in [2.24, 2.45) is 0 Å². The molecule has 0 N–H and O–H groups in total. The Labute approximate surface area is 185 Å². The van der Waals surface area contributed by atoms with E-state index in [1.165, 1.54) is 12.1 Å². The van der Waals surface area contributed by atoms with Gasteiger partial charge in [0.05, 0.1) is 12.1 Å². The molecule has 2 aromatic carbocycles. The molecule has 0 radical (unpaired) electrons. The Morgan fingerprint density at radius 1 is 1.09 bits per heavy atom. The van der Waals surface area contributed by atoms with Crippen LogP contribution in [0.4, 0.5) is 4.39 Å². The van der Waals surface area contributed by atoms with Gasteiger partial charge in [-0.2, -0.15) is 4.98 Å². The van der Waals surface area contributed by atoms with E-state index < -0.39 is 0 Å². The molecule has 7 heteroatoms. The first-order chi connectivity index (χ1) is 15.7. The van der Waals surface area contributed by atoms with E-state index in [2.05, 4.69) is 26.1 Å². The van der Waals surface area contributed by atoms with E-state index in [0.29, 0.717) is 23.0 Å². The number of hydrogen-bond acceptors (Lipinski definition) is 6. The molecular formula is C25H23FN4O2. The summed E-state index contributed by atoms with van der Waals surface area (Å²) in [6.07, 6.45) is 5.45. The molecule has 5 rings (SSSR count). The van der Waals surface area contributed by atoms with Crippen molar-refractivity contribution in [1.82, 2.24) is 20.0 Å². The molecule has 3 heterocycles. The van der Waals surface area contributed by atoms with Crippen molar-refractivity contribution in [3.63, 3.8) is 0 Å². The van der Waals surface area contributed by atoms with Crippen LogP contribution in [0, 0.1) is 5.82 Å². The lowest BCUT2D eigenvalue weighted by atomic mass is 9.97. The lowest BCUT2D eigenvalue weighted by Gasteiger charge is -2.31.